The third-order valence-corrected chi connectivity index (χ3v) is 7.78. The predicted molar refractivity (Wildman–Crippen MR) is 229 cm³/mol. The van der Waals surface area contributed by atoms with Gasteiger partial charge in [0.25, 0.3) is 0 Å². The third kappa shape index (κ3) is 17.5. The summed E-state index contributed by atoms with van der Waals surface area (Å²) in [5.41, 5.74) is 6.28. The molecule has 296 valence electrons. The number of hydrogen-bond acceptors (Lipinski definition) is 6. The molecule has 4 aromatic rings. The van der Waals surface area contributed by atoms with E-state index in [9.17, 15) is 0 Å². The molecule has 0 spiro atoms. The van der Waals surface area contributed by atoms with Crippen LogP contribution < -0.4 is 9.47 Å². The molecule has 0 N–H and O–H groups in total. The molecule has 0 saturated carbocycles. The van der Waals surface area contributed by atoms with Gasteiger partial charge in [0.1, 0.15) is 28.3 Å². The van der Waals surface area contributed by atoms with Gasteiger partial charge in [-0.15, -0.1) is 0 Å². The number of rotatable bonds is 20. The van der Waals surface area contributed by atoms with Gasteiger partial charge >= 0.3 is 0 Å². The van der Waals surface area contributed by atoms with Crippen molar-refractivity contribution in [1.29, 1.82) is 0 Å². The van der Waals surface area contributed by atoms with Gasteiger partial charge < -0.3 is 18.9 Å². The van der Waals surface area contributed by atoms with Gasteiger partial charge in [0.2, 0.25) is 0 Å². The lowest BCUT2D eigenvalue weighted by Crippen LogP contribution is -2.04. The average molecular weight is 740 g/mol. The van der Waals surface area contributed by atoms with Crippen LogP contribution in [0, 0.1) is 23.7 Å². The molecular weight excluding hydrogens is 671 g/mol. The Hall–Kier alpha value is -4.52. The first kappa shape index (κ1) is 45.6. The monoisotopic (exact) mass is 740 g/mol. The molecule has 0 fully saturated rings. The number of ether oxygens (including phenoxy) is 4. The van der Waals surface area contributed by atoms with Gasteiger partial charge in [-0.3, -0.25) is 0 Å². The van der Waals surface area contributed by atoms with Crippen molar-refractivity contribution in [2.24, 2.45) is 23.7 Å². The predicted octanol–water partition coefficient (Wildman–Crippen LogP) is 13.0. The van der Waals surface area contributed by atoms with Gasteiger partial charge in [-0.2, -0.15) is 15.0 Å². The topological polar surface area (TPSA) is 67.6 Å². The van der Waals surface area contributed by atoms with Gasteiger partial charge in [-0.1, -0.05) is 138 Å². The highest BCUT2D eigenvalue weighted by Gasteiger charge is 2.16. The van der Waals surface area contributed by atoms with E-state index >= 15 is 0 Å². The van der Waals surface area contributed by atoms with E-state index in [-0.39, 0.29) is 0 Å². The first-order valence-electron chi connectivity index (χ1n) is 19.8. The van der Waals surface area contributed by atoms with E-state index < -0.39 is 0 Å². The summed E-state index contributed by atoms with van der Waals surface area (Å²) in [7, 11) is 0. The molecule has 7 heteroatoms. The number of benzene rings is 3. The summed E-state index contributed by atoms with van der Waals surface area (Å²) >= 11 is 0. The van der Waals surface area contributed by atoms with Crippen LogP contribution in [0.5, 0.6) is 11.5 Å². The number of aryl methyl sites for hydroxylation is 1. The van der Waals surface area contributed by atoms with E-state index in [1.807, 2.05) is 36.0 Å². The zero-order valence-corrected chi connectivity index (χ0v) is 35.1. The van der Waals surface area contributed by atoms with Crippen molar-refractivity contribution in [3.05, 3.63) is 98.0 Å². The minimum atomic E-state index is 0.495. The van der Waals surface area contributed by atoms with E-state index in [0.717, 1.165) is 76.7 Å². The fourth-order valence-electron chi connectivity index (χ4n) is 4.91. The molecule has 0 radical (unpaired) electrons. The Morgan fingerprint density at radius 3 is 1.39 bits per heavy atom. The second-order valence-electron chi connectivity index (χ2n) is 15.5. The number of allylic oxidation sites excluding steroid dienone is 2. The van der Waals surface area contributed by atoms with Crippen LogP contribution in [0.1, 0.15) is 94.9 Å². The highest BCUT2D eigenvalue weighted by molar-refractivity contribution is 6.00. The highest BCUT2D eigenvalue weighted by Crippen LogP contribution is 2.35. The van der Waals surface area contributed by atoms with Gasteiger partial charge in [0.15, 0.2) is 0 Å². The second-order valence-corrected chi connectivity index (χ2v) is 15.5. The third-order valence-electron chi connectivity index (χ3n) is 7.78. The minimum Gasteiger partial charge on any atom is -0.499 e. The second kappa shape index (κ2) is 24.7. The molecule has 1 aromatic heterocycles. The molecule has 0 unspecified atom stereocenters. The van der Waals surface area contributed by atoms with Crippen molar-refractivity contribution in [2.75, 3.05) is 26.4 Å². The van der Waals surface area contributed by atoms with Crippen molar-refractivity contribution in [1.82, 2.24) is 15.0 Å². The quantitative estimate of drug-likeness (QED) is 0.0511. The minimum absolute atomic E-state index is 0.495. The first-order chi connectivity index (χ1) is 25.7. The van der Waals surface area contributed by atoms with Crippen molar-refractivity contribution in [2.45, 2.75) is 101 Å². The zero-order valence-electron chi connectivity index (χ0n) is 35.1. The molecule has 0 aliphatic carbocycles. The first-order valence-corrected chi connectivity index (χ1v) is 19.8. The molecule has 0 amide bonds. The standard InChI is InChI=1S/C32H41N3O2.C8H14O.C7H14O/c1-6-7-8-9-20-35-33-31-29(25-10-14-27(15-11-25)36-21-23(2)3)18-19-30(32(31)34-35)26-12-16-28(17-13-26)37-22-24(4)5;1-5-8(4)9-6-7(2)3;1-6(2)5-8-7(3)4/h10-19,23-24H,6-9,20-22H2,1-5H3;5,7H,1,4,6H2,2-3H3;6H,3,5H2,1-2,4H3. The Kier molecular flexibility index (Phi) is 20.9. The van der Waals surface area contributed by atoms with Crippen LogP contribution >= 0.6 is 0 Å². The van der Waals surface area contributed by atoms with E-state index in [1.54, 1.807) is 6.08 Å². The molecule has 0 aliphatic heterocycles. The number of aromatic nitrogens is 3. The molecule has 0 aliphatic rings. The summed E-state index contributed by atoms with van der Waals surface area (Å²) in [6, 6.07) is 21.0. The lowest BCUT2D eigenvalue weighted by atomic mass is 9.98. The molecular formula is C47H69N3O4. The molecule has 7 nitrogen and oxygen atoms in total. The van der Waals surface area contributed by atoms with Crippen LogP contribution in [-0.2, 0) is 16.0 Å². The maximum Gasteiger partial charge on any atom is 0.121 e. The SMILES string of the molecule is C=C(C)OCC(C)C.C=CC(=C)OCC(C)C.CCCCCCn1nc2c(-c3ccc(OCC(C)C)cc3)ccc(-c3ccc(OCC(C)C)cc3)c2n1. The molecule has 54 heavy (non-hydrogen) atoms. The van der Waals surface area contributed by atoms with Crippen LogP contribution in [0.15, 0.2) is 98.0 Å². The molecule has 3 aromatic carbocycles. The van der Waals surface area contributed by atoms with Crippen molar-refractivity contribution in [3.8, 4) is 33.8 Å². The summed E-state index contributed by atoms with van der Waals surface area (Å²) < 4.78 is 22.0. The highest BCUT2D eigenvalue weighted by atomic mass is 16.5. The zero-order chi connectivity index (χ0) is 40.0. The summed E-state index contributed by atoms with van der Waals surface area (Å²) in [6.45, 7) is 35.6. The van der Waals surface area contributed by atoms with Crippen molar-refractivity contribution < 1.29 is 18.9 Å². The fourth-order valence-corrected chi connectivity index (χ4v) is 4.91. The lowest BCUT2D eigenvalue weighted by Gasteiger charge is -2.11. The molecule has 0 bridgehead atoms. The normalized spacial score (nSPS) is 10.9. The lowest BCUT2D eigenvalue weighted by molar-refractivity contribution is 0.182. The Balaban J connectivity index is 0.000000492. The van der Waals surface area contributed by atoms with Crippen LogP contribution in [0.25, 0.3) is 33.3 Å². The molecule has 0 saturated heterocycles. The number of nitrogens with zero attached hydrogens (tertiary/aromatic N) is 3. The summed E-state index contributed by atoms with van der Waals surface area (Å²) in [5.74, 6) is 5.40. The van der Waals surface area contributed by atoms with Crippen LogP contribution in [-0.4, -0.2) is 41.4 Å². The van der Waals surface area contributed by atoms with Crippen molar-refractivity contribution >= 4 is 11.0 Å². The average Bonchev–Trinajstić information content (AvgIpc) is 3.58. The summed E-state index contributed by atoms with van der Waals surface area (Å²) in [5, 5.41) is 9.94. The molecule has 1 heterocycles. The maximum absolute atomic E-state index is 5.89. The van der Waals surface area contributed by atoms with Crippen LogP contribution in [0.4, 0.5) is 0 Å². The van der Waals surface area contributed by atoms with Gasteiger partial charge in [0.05, 0.1) is 38.7 Å². The van der Waals surface area contributed by atoms with Crippen molar-refractivity contribution in [3.63, 3.8) is 0 Å². The number of hydrogen-bond donors (Lipinski definition) is 0. The largest absolute Gasteiger partial charge is 0.499 e. The summed E-state index contributed by atoms with van der Waals surface area (Å²) in [4.78, 5) is 1.88. The Bertz CT molecular complexity index is 1580. The smallest absolute Gasteiger partial charge is 0.121 e. The Morgan fingerprint density at radius 2 is 1.04 bits per heavy atom. The Morgan fingerprint density at radius 1 is 0.611 bits per heavy atom. The Labute approximate surface area is 327 Å². The van der Waals surface area contributed by atoms with E-state index in [2.05, 4.69) is 118 Å². The maximum atomic E-state index is 5.89. The van der Waals surface area contributed by atoms with Gasteiger partial charge in [-0.25, -0.2) is 0 Å². The van der Waals surface area contributed by atoms with E-state index in [0.29, 0.717) is 42.6 Å². The van der Waals surface area contributed by atoms with E-state index in [4.69, 9.17) is 29.1 Å². The van der Waals surface area contributed by atoms with Crippen LogP contribution in [0.3, 0.4) is 0 Å². The summed E-state index contributed by atoms with van der Waals surface area (Å²) in [6.07, 6.45) is 6.36. The van der Waals surface area contributed by atoms with Gasteiger partial charge in [0, 0.05) is 11.1 Å². The molecule has 0 atom stereocenters. The van der Waals surface area contributed by atoms with Gasteiger partial charge in [-0.05, 0) is 78.5 Å². The fraction of sp³-hybridized carbons (Fsp3) is 0.489. The number of unbranched alkanes of at least 4 members (excludes halogenated alkanes) is 3. The molecule has 4 rings (SSSR count). The van der Waals surface area contributed by atoms with Crippen LogP contribution in [0.2, 0.25) is 0 Å². The number of fused-ring (bicyclic) bond motifs is 1. The van der Waals surface area contributed by atoms with E-state index in [1.165, 1.54) is 19.3 Å².